The Morgan fingerprint density at radius 1 is 1.43 bits per heavy atom. The molecule has 1 atom stereocenters. The van der Waals surface area contributed by atoms with Crippen LogP contribution in [0.25, 0.3) is 0 Å². The van der Waals surface area contributed by atoms with Crippen LogP contribution in [0.5, 0.6) is 0 Å². The minimum atomic E-state index is -0.324. The van der Waals surface area contributed by atoms with Gasteiger partial charge in [0.25, 0.3) is 0 Å². The van der Waals surface area contributed by atoms with Crippen LogP contribution in [-0.4, -0.2) is 24.2 Å². The Hall–Kier alpha value is -1.02. The summed E-state index contributed by atoms with van der Waals surface area (Å²) in [5, 5.41) is 6.25. The fraction of sp³-hybridized carbons (Fsp3) is 0.400. The first-order valence-corrected chi connectivity index (χ1v) is 9.46. The van der Waals surface area contributed by atoms with Gasteiger partial charge in [-0.2, -0.15) is 0 Å². The van der Waals surface area contributed by atoms with E-state index in [9.17, 15) is 4.39 Å². The number of ether oxygens (including phenoxy) is 1. The van der Waals surface area contributed by atoms with Gasteiger partial charge < -0.3 is 14.8 Å². The molecular weight excluding hydrogens is 357 g/mol. The van der Waals surface area contributed by atoms with Crippen LogP contribution in [-0.2, 0) is 4.74 Å². The molecular formula is C15H17ClFN3OS2. The first-order valence-electron chi connectivity index (χ1n) is 7.39. The van der Waals surface area contributed by atoms with Gasteiger partial charge in [-0.25, -0.2) is 9.37 Å². The molecule has 2 heterocycles. The highest BCUT2D eigenvalue weighted by Crippen LogP contribution is 2.32. The molecule has 0 radical (unpaired) electrons. The second-order valence-electron chi connectivity index (χ2n) is 5.17. The standard InChI is InChI=1S/C15H17ClFN3OS2/c16-11-7-14(23-20-15-18-4-6-22-15)12(17)8-13(11)19-9-10-3-1-2-5-21-10/h4,6-8,10,19H,1-3,5,9H2,(H,18,20). The van der Waals surface area contributed by atoms with Gasteiger partial charge in [0.05, 0.1) is 21.7 Å². The van der Waals surface area contributed by atoms with Crippen molar-refractivity contribution in [2.24, 2.45) is 0 Å². The van der Waals surface area contributed by atoms with Crippen molar-refractivity contribution in [2.45, 2.75) is 30.3 Å². The van der Waals surface area contributed by atoms with Crippen LogP contribution in [0.15, 0.2) is 28.6 Å². The van der Waals surface area contributed by atoms with Gasteiger partial charge in [-0.05, 0) is 43.3 Å². The highest BCUT2D eigenvalue weighted by molar-refractivity contribution is 8.00. The van der Waals surface area contributed by atoms with Gasteiger partial charge in [-0.15, -0.1) is 11.3 Å². The number of nitrogens with one attached hydrogen (secondary N) is 2. The summed E-state index contributed by atoms with van der Waals surface area (Å²) in [4.78, 5) is 4.52. The summed E-state index contributed by atoms with van der Waals surface area (Å²) in [6, 6.07) is 3.04. The minimum Gasteiger partial charge on any atom is -0.381 e. The monoisotopic (exact) mass is 373 g/mol. The molecule has 8 heteroatoms. The Kier molecular flexibility index (Phi) is 5.99. The third kappa shape index (κ3) is 4.73. The van der Waals surface area contributed by atoms with Gasteiger partial charge in [-0.3, -0.25) is 0 Å². The maximum Gasteiger partial charge on any atom is 0.192 e. The minimum absolute atomic E-state index is 0.170. The van der Waals surface area contributed by atoms with E-state index in [1.807, 2.05) is 5.38 Å². The first-order chi connectivity index (χ1) is 11.2. The normalized spacial score (nSPS) is 17.9. The first kappa shape index (κ1) is 16.8. The van der Waals surface area contributed by atoms with Crippen molar-refractivity contribution in [3.8, 4) is 0 Å². The van der Waals surface area contributed by atoms with Gasteiger partial charge >= 0.3 is 0 Å². The molecule has 0 aliphatic carbocycles. The zero-order chi connectivity index (χ0) is 16.1. The number of anilines is 2. The molecule has 1 unspecified atom stereocenters. The van der Waals surface area contributed by atoms with Crippen molar-refractivity contribution in [1.29, 1.82) is 0 Å². The summed E-state index contributed by atoms with van der Waals surface area (Å²) in [6.07, 6.45) is 5.18. The molecule has 2 N–H and O–H groups in total. The summed E-state index contributed by atoms with van der Waals surface area (Å²) in [6.45, 7) is 1.44. The van der Waals surface area contributed by atoms with Crippen molar-refractivity contribution in [2.75, 3.05) is 23.2 Å². The third-order valence-corrected chi connectivity index (χ3v) is 5.45. The number of hydrogen-bond acceptors (Lipinski definition) is 6. The molecule has 23 heavy (non-hydrogen) atoms. The average Bonchev–Trinajstić information content (AvgIpc) is 3.08. The lowest BCUT2D eigenvalue weighted by Gasteiger charge is -2.23. The number of halogens is 2. The van der Waals surface area contributed by atoms with Crippen LogP contribution in [0.4, 0.5) is 15.2 Å². The fourth-order valence-corrected chi connectivity index (χ4v) is 3.88. The maximum atomic E-state index is 14.2. The Morgan fingerprint density at radius 2 is 2.35 bits per heavy atom. The van der Waals surface area contributed by atoms with E-state index < -0.39 is 0 Å². The van der Waals surface area contributed by atoms with Crippen LogP contribution in [0.2, 0.25) is 5.02 Å². The Bertz CT molecular complexity index is 636. The molecule has 4 nitrogen and oxygen atoms in total. The lowest BCUT2D eigenvalue weighted by atomic mass is 10.1. The van der Waals surface area contributed by atoms with Crippen LogP contribution < -0.4 is 10.0 Å². The summed E-state index contributed by atoms with van der Waals surface area (Å²) in [5.74, 6) is -0.324. The van der Waals surface area contributed by atoms with E-state index in [0.29, 0.717) is 22.2 Å². The smallest absolute Gasteiger partial charge is 0.192 e. The molecule has 1 fully saturated rings. The van der Waals surface area contributed by atoms with Crippen LogP contribution in [0.3, 0.4) is 0 Å². The Labute approximate surface area is 147 Å². The summed E-state index contributed by atoms with van der Waals surface area (Å²) in [7, 11) is 0. The van der Waals surface area contributed by atoms with Crippen LogP contribution in [0, 0.1) is 5.82 Å². The second kappa shape index (κ2) is 8.19. The second-order valence-corrected chi connectivity index (χ2v) is 7.32. The summed E-state index contributed by atoms with van der Waals surface area (Å²) < 4.78 is 22.9. The molecule has 0 saturated carbocycles. The highest BCUT2D eigenvalue weighted by atomic mass is 35.5. The zero-order valence-corrected chi connectivity index (χ0v) is 14.7. The van der Waals surface area contributed by atoms with E-state index in [1.54, 1.807) is 12.3 Å². The van der Waals surface area contributed by atoms with Gasteiger partial charge in [-0.1, -0.05) is 11.6 Å². The van der Waals surface area contributed by atoms with Gasteiger partial charge in [0, 0.05) is 24.7 Å². The molecule has 1 aromatic heterocycles. The molecule has 124 valence electrons. The van der Waals surface area contributed by atoms with Crippen molar-refractivity contribution in [1.82, 2.24) is 4.98 Å². The van der Waals surface area contributed by atoms with E-state index in [0.717, 1.165) is 36.5 Å². The Balaban J connectivity index is 1.60. The number of benzene rings is 1. The summed E-state index contributed by atoms with van der Waals surface area (Å²) in [5.41, 5.74) is 0.594. The summed E-state index contributed by atoms with van der Waals surface area (Å²) >= 11 is 8.87. The fourth-order valence-electron chi connectivity index (χ4n) is 2.31. The molecule has 1 saturated heterocycles. The topological polar surface area (TPSA) is 46.2 Å². The van der Waals surface area contributed by atoms with Crippen LogP contribution >= 0.6 is 34.9 Å². The lowest BCUT2D eigenvalue weighted by molar-refractivity contribution is 0.0247. The van der Waals surface area contributed by atoms with Gasteiger partial charge in [0.2, 0.25) is 0 Å². The molecule has 2 aromatic rings. The van der Waals surface area contributed by atoms with Crippen molar-refractivity contribution in [3.05, 3.63) is 34.5 Å². The zero-order valence-electron chi connectivity index (χ0n) is 12.4. The maximum absolute atomic E-state index is 14.2. The van der Waals surface area contributed by atoms with E-state index in [2.05, 4.69) is 15.0 Å². The molecule has 0 amide bonds. The van der Waals surface area contributed by atoms with Crippen molar-refractivity contribution < 1.29 is 9.13 Å². The molecule has 3 rings (SSSR count). The van der Waals surface area contributed by atoms with Gasteiger partial charge in [0.1, 0.15) is 5.82 Å². The Morgan fingerprint density at radius 3 is 3.09 bits per heavy atom. The average molecular weight is 374 g/mol. The number of nitrogens with zero attached hydrogens (tertiary/aromatic N) is 1. The SMILES string of the molecule is Fc1cc(NCC2CCCCO2)c(Cl)cc1SNc1nccs1. The van der Waals surface area contributed by atoms with Crippen molar-refractivity contribution in [3.63, 3.8) is 0 Å². The number of hydrogen-bond donors (Lipinski definition) is 2. The van der Waals surface area contributed by atoms with E-state index in [1.165, 1.54) is 23.8 Å². The van der Waals surface area contributed by atoms with Gasteiger partial charge in [0.15, 0.2) is 5.13 Å². The highest BCUT2D eigenvalue weighted by Gasteiger charge is 2.15. The largest absolute Gasteiger partial charge is 0.381 e. The molecule has 0 bridgehead atoms. The quantitative estimate of drug-likeness (QED) is 0.695. The van der Waals surface area contributed by atoms with E-state index in [-0.39, 0.29) is 11.9 Å². The number of rotatable bonds is 6. The van der Waals surface area contributed by atoms with Crippen molar-refractivity contribution >= 4 is 45.7 Å². The van der Waals surface area contributed by atoms with E-state index in [4.69, 9.17) is 16.3 Å². The predicted octanol–water partition coefficient (Wildman–Crippen LogP) is 5.04. The predicted molar refractivity (Wildman–Crippen MR) is 95.1 cm³/mol. The number of aromatic nitrogens is 1. The van der Waals surface area contributed by atoms with E-state index >= 15 is 0 Å². The third-order valence-electron chi connectivity index (χ3n) is 3.50. The molecule has 1 aliphatic heterocycles. The lowest BCUT2D eigenvalue weighted by Crippen LogP contribution is -2.27. The molecule has 1 aliphatic rings. The molecule has 0 spiro atoms. The van der Waals surface area contributed by atoms with Crippen LogP contribution in [0.1, 0.15) is 19.3 Å². The molecule has 1 aromatic carbocycles. The number of thiazole rings is 1.